The molecule has 0 bridgehead atoms. The SMILES string of the molecule is CSc1cccc2sc(N(CCN(C)C)C(=O)c3ccc(Oc4ccccc4)cc3)nc12.Cl. The first-order valence-electron chi connectivity index (χ1n) is 10.3. The summed E-state index contributed by atoms with van der Waals surface area (Å²) >= 11 is 3.22. The van der Waals surface area contributed by atoms with Crippen molar-refractivity contribution in [3.05, 3.63) is 78.4 Å². The molecule has 0 saturated carbocycles. The van der Waals surface area contributed by atoms with Crippen LogP contribution in [-0.2, 0) is 0 Å². The van der Waals surface area contributed by atoms with Gasteiger partial charge in [0.1, 0.15) is 11.5 Å². The van der Waals surface area contributed by atoms with Crippen LogP contribution in [-0.4, -0.2) is 49.2 Å². The fraction of sp³-hybridized carbons (Fsp3) is 0.200. The molecule has 5 nitrogen and oxygen atoms in total. The summed E-state index contributed by atoms with van der Waals surface area (Å²) in [5, 5.41) is 0.720. The summed E-state index contributed by atoms with van der Waals surface area (Å²) in [7, 11) is 4.01. The Kier molecular flexibility index (Phi) is 8.74. The van der Waals surface area contributed by atoms with E-state index in [1.807, 2.05) is 81.0 Å². The van der Waals surface area contributed by atoms with E-state index < -0.39 is 0 Å². The highest BCUT2D eigenvalue weighted by Gasteiger charge is 2.22. The molecule has 0 aliphatic carbocycles. The Morgan fingerprint density at radius 1 is 0.939 bits per heavy atom. The van der Waals surface area contributed by atoms with Crippen molar-refractivity contribution in [1.82, 2.24) is 9.88 Å². The molecule has 0 N–H and O–H groups in total. The smallest absolute Gasteiger partial charge is 0.260 e. The molecule has 1 heterocycles. The lowest BCUT2D eigenvalue weighted by molar-refractivity contribution is 0.0985. The van der Waals surface area contributed by atoms with Gasteiger partial charge in [-0.2, -0.15) is 0 Å². The Balaban J connectivity index is 0.00000306. The zero-order valence-electron chi connectivity index (χ0n) is 18.7. The Morgan fingerprint density at radius 3 is 2.30 bits per heavy atom. The monoisotopic (exact) mass is 499 g/mol. The number of nitrogens with zero attached hydrogens (tertiary/aromatic N) is 3. The molecule has 4 aromatic rings. The molecule has 0 aliphatic rings. The number of carbonyl (C=O) groups is 1. The maximum atomic E-state index is 13.5. The number of amides is 1. The minimum absolute atomic E-state index is 0. The fourth-order valence-corrected chi connectivity index (χ4v) is 4.87. The molecule has 3 aromatic carbocycles. The third kappa shape index (κ3) is 6.06. The predicted molar refractivity (Wildman–Crippen MR) is 142 cm³/mol. The number of fused-ring (bicyclic) bond motifs is 1. The maximum absolute atomic E-state index is 13.5. The molecule has 0 spiro atoms. The quantitative estimate of drug-likeness (QED) is 0.261. The zero-order chi connectivity index (χ0) is 22.5. The number of rotatable bonds is 8. The van der Waals surface area contributed by atoms with E-state index in [2.05, 4.69) is 17.0 Å². The molecule has 0 unspecified atom stereocenters. The molecule has 33 heavy (non-hydrogen) atoms. The van der Waals surface area contributed by atoms with Crippen molar-refractivity contribution in [2.75, 3.05) is 38.3 Å². The van der Waals surface area contributed by atoms with Crippen LogP contribution in [0.5, 0.6) is 11.5 Å². The third-order valence-corrected chi connectivity index (χ3v) is 6.73. The number of benzene rings is 3. The normalized spacial score (nSPS) is 10.8. The van der Waals surface area contributed by atoms with E-state index >= 15 is 0 Å². The van der Waals surface area contributed by atoms with Gasteiger partial charge >= 0.3 is 0 Å². The van der Waals surface area contributed by atoms with E-state index in [-0.39, 0.29) is 18.3 Å². The van der Waals surface area contributed by atoms with Crippen LogP contribution >= 0.6 is 35.5 Å². The molecule has 0 saturated heterocycles. The Morgan fingerprint density at radius 2 is 1.64 bits per heavy atom. The zero-order valence-corrected chi connectivity index (χ0v) is 21.2. The average Bonchev–Trinajstić information content (AvgIpc) is 3.24. The van der Waals surface area contributed by atoms with Crippen molar-refractivity contribution in [2.45, 2.75) is 4.90 Å². The standard InChI is InChI=1S/C25H25N3O2S2.ClH/c1-27(2)16-17-28(25-26-23-21(31-3)10-7-11-22(23)32-25)24(29)18-12-14-20(15-13-18)30-19-8-5-4-6-9-19;/h4-15H,16-17H2,1-3H3;1H. The first-order valence-corrected chi connectivity index (χ1v) is 12.3. The summed E-state index contributed by atoms with van der Waals surface area (Å²) in [6.45, 7) is 1.30. The molecular formula is C25H26ClN3O2S2. The summed E-state index contributed by atoms with van der Waals surface area (Å²) in [6.07, 6.45) is 2.04. The summed E-state index contributed by atoms with van der Waals surface area (Å²) in [6, 6.07) is 23.0. The van der Waals surface area contributed by atoms with Gasteiger partial charge in [0.05, 0.1) is 10.2 Å². The van der Waals surface area contributed by atoms with Crippen LogP contribution in [0.1, 0.15) is 10.4 Å². The molecule has 1 amide bonds. The van der Waals surface area contributed by atoms with Crippen LogP contribution in [0.25, 0.3) is 10.2 Å². The van der Waals surface area contributed by atoms with Crippen LogP contribution in [0.2, 0.25) is 0 Å². The van der Waals surface area contributed by atoms with Gasteiger partial charge in [-0.15, -0.1) is 24.2 Å². The van der Waals surface area contributed by atoms with Gasteiger partial charge in [0.25, 0.3) is 5.91 Å². The highest BCUT2D eigenvalue weighted by molar-refractivity contribution is 7.98. The highest BCUT2D eigenvalue weighted by Crippen LogP contribution is 2.34. The Bertz CT molecular complexity index is 1200. The molecule has 0 fully saturated rings. The van der Waals surface area contributed by atoms with Crippen molar-refractivity contribution in [3.63, 3.8) is 0 Å². The third-order valence-electron chi connectivity index (χ3n) is 4.92. The van der Waals surface area contributed by atoms with Crippen LogP contribution in [0.15, 0.2) is 77.7 Å². The van der Waals surface area contributed by atoms with E-state index in [1.165, 1.54) is 0 Å². The van der Waals surface area contributed by atoms with Gasteiger partial charge in [0.2, 0.25) is 0 Å². The van der Waals surface area contributed by atoms with Crippen molar-refractivity contribution in [2.24, 2.45) is 0 Å². The lowest BCUT2D eigenvalue weighted by atomic mass is 10.2. The molecule has 0 radical (unpaired) electrons. The van der Waals surface area contributed by atoms with E-state index in [9.17, 15) is 4.79 Å². The van der Waals surface area contributed by atoms with E-state index in [0.29, 0.717) is 17.9 Å². The van der Waals surface area contributed by atoms with Gasteiger partial charge in [-0.3, -0.25) is 9.69 Å². The average molecular weight is 500 g/mol. The Labute approximate surface area is 208 Å². The van der Waals surface area contributed by atoms with Crippen molar-refractivity contribution in [1.29, 1.82) is 0 Å². The minimum Gasteiger partial charge on any atom is -0.457 e. The maximum Gasteiger partial charge on any atom is 0.260 e. The number of hydrogen-bond acceptors (Lipinski definition) is 6. The number of para-hydroxylation sites is 2. The number of thiazole rings is 1. The first-order chi connectivity index (χ1) is 15.5. The van der Waals surface area contributed by atoms with E-state index in [4.69, 9.17) is 9.72 Å². The number of aromatic nitrogens is 1. The molecule has 4 rings (SSSR count). The van der Waals surface area contributed by atoms with Gasteiger partial charge in [-0.05, 0) is 68.9 Å². The van der Waals surface area contributed by atoms with Gasteiger partial charge in [0, 0.05) is 23.5 Å². The summed E-state index contributed by atoms with van der Waals surface area (Å²) in [5.74, 6) is 1.39. The fourth-order valence-electron chi connectivity index (χ4n) is 3.22. The van der Waals surface area contributed by atoms with Crippen molar-refractivity contribution in [3.8, 4) is 11.5 Å². The summed E-state index contributed by atoms with van der Waals surface area (Å²) < 4.78 is 6.94. The topological polar surface area (TPSA) is 45.7 Å². The van der Waals surface area contributed by atoms with Gasteiger partial charge < -0.3 is 9.64 Å². The highest BCUT2D eigenvalue weighted by atomic mass is 35.5. The van der Waals surface area contributed by atoms with Gasteiger partial charge in [0.15, 0.2) is 5.13 Å². The minimum atomic E-state index is -0.0668. The molecular weight excluding hydrogens is 474 g/mol. The first kappa shape index (κ1) is 25.1. The van der Waals surface area contributed by atoms with Crippen LogP contribution in [0.4, 0.5) is 5.13 Å². The lowest BCUT2D eigenvalue weighted by Crippen LogP contribution is -2.36. The van der Waals surface area contributed by atoms with E-state index in [1.54, 1.807) is 28.0 Å². The van der Waals surface area contributed by atoms with Crippen molar-refractivity contribution < 1.29 is 9.53 Å². The second-order valence-electron chi connectivity index (χ2n) is 7.50. The second-order valence-corrected chi connectivity index (χ2v) is 9.36. The lowest BCUT2D eigenvalue weighted by Gasteiger charge is -2.22. The summed E-state index contributed by atoms with van der Waals surface area (Å²) in [4.78, 5) is 23.3. The summed E-state index contributed by atoms with van der Waals surface area (Å²) in [5.41, 5.74) is 1.56. The van der Waals surface area contributed by atoms with Gasteiger partial charge in [-0.1, -0.05) is 35.6 Å². The van der Waals surface area contributed by atoms with Gasteiger partial charge in [-0.25, -0.2) is 4.98 Å². The molecule has 1 aromatic heterocycles. The molecule has 0 atom stereocenters. The van der Waals surface area contributed by atoms with Crippen LogP contribution < -0.4 is 9.64 Å². The Hall–Kier alpha value is -2.58. The molecule has 8 heteroatoms. The number of hydrogen-bond donors (Lipinski definition) is 0. The number of anilines is 1. The number of thioether (sulfide) groups is 1. The number of carbonyl (C=O) groups excluding carboxylic acids is 1. The molecule has 172 valence electrons. The number of likely N-dealkylation sites (N-methyl/N-ethyl adjacent to an activating group) is 1. The molecule has 0 aliphatic heterocycles. The van der Waals surface area contributed by atoms with Crippen LogP contribution in [0, 0.1) is 0 Å². The number of ether oxygens (including phenoxy) is 1. The predicted octanol–water partition coefficient (Wildman–Crippen LogP) is 6.44. The largest absolute Gasteiger partial charge is 0.457 e. The second kappa shape index (κ2) is 11.5. The number of halogens is 1. The van der Waals surface area contributed by atoms with Crippen LogP contribution in [0.3, 0.4) is 0 Å². The van der Waals surface area contributed by atoms with Crippen molar-refractivity contribution >= 4 is 56.8 Å². The van der Waals surface area contributed by atoms with E-state index in [0.717, 1.165) is 32.5 Å².